The predicted octanol–water partition coefficient (Wildman–Crippen LogP) is 0.0446. The molecule has 2 aliphatic heterocycles. The fourth-order valence-corrected chi connectivity index (χ4v) is 1.58. The molecule has 0 aromatic carbocycles. The van der Waals surface area contributed by atoms with Crippen LogP contribution in [-0.2, 0) is 0 Å². The first-order chi connectivity index (χ1) is 6.83. The van der Waals surface area contributed by atoms with Gasteiger partial charge in [0.05, 0.1) is 12.7 Å². The number of alkyl halides is 1. The standard InChI is InChI=1S/C8H12ClN5/c9-2-1-3-14-5-13-6-7(10)11-4-12-8(6)14/h4-5,8H,1-3,10H2,(H,11,12). The number of hydrogen-bond acceptors (Lipinski definition) is 5. The monoisotopic (exact) mass is 213 g/mol. The summed E-state index contributed by atoms with van der Waals surface area (Å²) in [6.07, 6.45) is 4.23. The van der Waals surface area contributed by atoms with Crippen molar-refractivity contribution in [1.82, 2.24) is 10.2 Å². The van der Waals surface area contributed by atoms with Crippen LogP contribution in [0.2, 0.25) is 0 Å². The highest BCUT2D eigenvalue weighted by atomic mass is 35.5. The van der Waals surface area contributed by atoms with E-state index in [-0.39, 0.29) is 6.17 Å². The Kier molecular flexibility index (Phi) is 2.58. The fraction of sp³-hybridized carbons (Fsp3) is 0.500. The summed E-state index contributed by atoms with van der Waals surface area (Å²) < 4.78 is 0. The zero-order valence-corrected chi connectivity index (χ0v) is 8.41. The van der Waals surface area contributed by atoms with Crippen molar-refractivity contribution in [2.45, 2.75) is 12.6 Å². The van der Waals surface area contributed by atoms with Crippen molar-refractivity contribution in [2.75, 3.05) is 12.4 Å². The van der Waals surface area contributed by atoms with Crippen LogP contribution in [0.3, 0.4) is 0 Å². The smallest absolute Gasteiger partial charge is 0.170 e. The third-order valence-corrected chi connectivity index (χ3v) is 2.43. The molecule has 5 nitrogen and oxygen atoms in total. The number of nitrogens with zero attached hydrogens (tertiary/aromatic N) is 3. The Morgan fingerprint density at radius 1 is 1.64 bits per heavy atom. The van der Waals surface area contributed by atoms with E-state index in [4.69, 9.17) is 17.3 Å². The van der Waals surface area contributed by atoms with Crippen molar-refractivity contribution in [1.29, 1.82) is 0 Å². The number of nitrogens with two attached hydrogens (primary N) is 1. The molecule has 76 valence electrons. The average molecular weight is 214 g/mol. The van der Waals surface area contributed by atoms with Gasteiger partial charge in [-0.25, -0.2) is 9.98 Å². The topological polar surface area (TPSA) is 66.0 Å². The summed E-state index contributed by atoms with van der Waals surface area (Å²) in [6.45, 7) is 0.853. The largest absolute Gasteiger partial charge is 0.384 e. The Labute approximate surface area is 87.3 Å². The van der Waals surface area contributed by atoms with Gasteiger partial charge in [0, 0.05) is 12.4 Å². The van der Waals surface area contributed by atoms with Gasteiger partial charge in [-0.2, -0.15) is 0 Å². The molecule has 0 bridgehead atoms. The molecule has 1 atom stereocenters. The second-order valence-corrected chi connectivity index (χ2v) is 3.50. The first-order valence-electron chi connectivity index (χ1n) is 4.46. The normalized spacial score (nSPS) is 24.1. The molecule has 0 saturated heterocycles. The third-order valence-electron chi connectivity index (χ3n) is 2.17. The highest BCUT2D eigenvalue weighted by Crippen LogP contribution is 2.21. The molecule has 0 aliphatic carbocycles. The van der Waals surface area contributed by atoms with E-state index in [2.05, 4.69) is 15.3 Å². The van der Waals surface area contributed by atoms with Gasteiger partial charge in [-0.05, 0) is 6.42 Å². The molecule has 0 aromatic rings. The number of halogens is 1. The van der Waals surface area contributed by atoms with E-state index in [1.54, 1.807) is 12.7 Å². The Morgan fingerprint density at radius 3 is 3.29 bits per heavy atom. The van der Waals surface area contributed by atoms with Gasteiger partial charge in [-0.15, -0.1) is 11.6 Å². The maximum atomic E-state index is 5.72. The molecule has 2 rings (SSSR count). The molecule has 0 saturated carbocycles. The zero-order valence-electron chi connectivity index (χ0n) is 7.65. The van der Waals surface area contributed by atoms with Crippen LogP contribution in [-0.4, -0.2) is 36.2 Å². The molecule has 0 radical (unpaired) electrons. The van der Waals surface area contributed by atoms with E-state index in [1.165, 1.54) is 0 Å². The second-order valence-electron chi connectivity index (χ2n) is 3.12. The predicted molar refractivity (Wildman–Crippen MR) is 57.2 cm³/mol. The lowest BCUT2D eigenvalue weighted by molar-refractivity contribution is 0.378. The van der Waals surface area contributed by atoms with Crippen LogP contribution < -0.4 is 11.1 Å². The molecule has 6 heteroatoms. The summed E-state index contributed by atoms with van der Waals surface area (Å²) in [5, 5.41) is 2.83. The van der Waals surface area contributed by atoms with E-state index in [0.717, 1.165) is 18.7 Å². The van der Waals surface area contributed by atoms with Gasteiger partial charge in [-0.3, -0.25) is 0 Å². The van der Waals surface area contributed by atoms with Crippen LogP contribution >= 0.6 is 11.6 Å². The van der Waals surface area contributed by atoms with Crippen molar-refractivity contribution >= 4 is 24.3 Å². The zero-order chi connectivity index (χ0) is 9.97. The molecular formula is C8H12ClN5. The van der Waals surface area contributed by atoms with Gasteiger partial charge in [0.1, 0.15) is 11.5 Å². The average Bonchev–Trinajstić information content (AvgIpc) is 2.60. The minimum absolute atomic E-state index is 0.0560. The number of fused-ring (bicyclic) bond motifs is 1. The lowest BCUT2D eigenvalue weighted by Crippen LogP contribution is -2.36. The minimum Gasteiger partial charge on any atom is -0.384 e. The van der Waals surface area contributed by atoms with Crippen LogP contribution in [0.1, 0.15) is 6.42 Å². The molecular weight excluding hydrogens is 202 g/mol. The van der Waals surface area contributed by atoms with Gasteiger partial charge in [-0.1, -0.05) is 0 Å². The summed E-state index contributed by atoms with van der Waals surface area (Å²) in [4.78, 5) is 10.5. The van der Waals surface area contributed by atoms with Gasteiger partial charge >= 0.3 is 0 Å². The summed E-state index contributed by atoms with van der Waals surface area (Å²) >= 11 is 5.63. The van der Waals surface area contributed by atoms with Crippen LogP contribution in [0.5, 0.6) is 0 Å². The van der Waals surface area contributed by atoms with Gasteiger partial charge in [0.25, 0.3) is 0 Å². The third kappa shape index (κ3) is 1.55. The SMILES string of the molecule is NC1=C2N=CN(CCCCl)C2N=CN1. The maximum Gasteiger partial charge on any atom is 0.170 e. The molecule has 3 N–H and O–H groups in total. The highest BCUT2D eigenvalue weighted by molar-refractivity contribution is 6.17. The van der Waals surface area contributed by atoms with E-state index in [0.29, 0.717) is 11.7 Å². The second kappa shape index (κ2) is 3.88. The Bertz CT molecular complexity index is 309. The van der Waals surface area contributed by atoms with E-state index in [1.807, 2.05) is 4.90 Å². The van der Waals surface area contributed by atoms with Crippen LogP contribution in [0.25, 0.3) is 0 Å². The number of aliphatic imine (C=N–C) groups is 2. The summed E-state index contributed by atoms with van der Waals surface area (Å²) in [7, 11) is 0. The quantitative estimate of drug-likeness (QED) is 0.651. The van der Waals surface area contributed by atoms with Gasteiger partial charge in [0.15, 0.2) is 6.17 Å². The maximum absolute atomic E-state index is 5.72. The number of nitrogens with one attached hydrogen (secondary N) is 1. The van der Waals surface area contributed by atoms with Crippen molar-refractivity contribution in [3.05, 3.63) is 11.5 Å². The summed E-state index contributed by atoms with van der Waals surface area (Å²) in [5.74, 6) is 1.22. The van der Waals surface area contributed by atoms with Crippen LogP contribution in [0.15, 0.2) is 21.5 Å². The molecule has 2 aliphatic rings. The lowest BCUT2D eigenvalue weighted by Gasteiger charge is -2.23. The Morgan fingerprint density at radius 2 is 2.50 bits per heavy atom. The van der Waals surface area contributed by atoms with Gasteiger partial charge in [0.2, 0.25) is 0 Å². The fourth-order valence-electron chi connectivity index (χ4n) is 1.46. The summed E-state index contributed by atoms with van der Waals surface area (Å²) in [5.41, 5.74) is 6.52. The summed E-state index contributed by atoms with van der Waals surface area (Å²) in [6, 6.07) is 0. The Balaban J connectivity index is 2.08. The molecule has 1 unspecified atom stereocenters. The number of hydrogen-bond donors (Lipinski definition) is 2. The van der Waals surface area contributed by atoms with Crippen LogP contribution in [0, 0.1) is 0 Å². The molecule has 0 spiro atoms. The van der Waals surface area contributed by atoms with Crippen molar-refractivity contribution in [3.8, 4) is 0 Å². The van der Waals surface area contributed by atoms with Gasteiger partial charge < -0.3 is 16.0 Å². The van der Waals surface area contributed by atoms with E-state index < -0.39 is 0 Å². The Hall–Kier alpha value is -1.23. The lowest BCUT2D eigenvalue weighted by atomic mass is 10.3. The minimum atomic E-state index is -0.0560. The number of rotatable bonds is 3. The van der Waals surface area contributed by atoms with Crippen molar-refractivity contribution in [2.24, 2.45) is 15.7 Å². The van der Waals surface area contributed by atoms with Crippen LogP contribution in [0.4, 0.5) is 0 Å². The van der Waals surface area contributed by atoms with Crippen molar-refractivity contribution < 1.29 is 0 Å². The molecule has 2 heterocycles. The highest BCUT2D eigenvalue weighted by Gasteiger charge is 2.28. The molecule has 14 heavy (non-hydrogen) atoms. The molecule has 0 aromatic heterocycles. The van der Waals surface area contributed by atoms with E-state index in [9.17, 15) is 0 Å². The van der Waals surface area contributed by atoms with E-state index >= 15 is 0 Å². The first-order valence-corrected chi connectivity index (χ1v) is 5.00. The molecule has 0 fully saturated rings. The molecule has 0 amide bonds. The van der Waals surface area contributed by atoms with Crippen molar-refractivity contribution in [3.63, 3.8) is 0 Å². The first kappa shape index (κ1) is 9.33.